The molecule has 0 saturated carbocycles. The number of aryl methyl sites for hydroxylation is 1. The Hall–Kier alpha value is -3.61. The first-order valence-corrected chi connectivity index (χ1v) is 8.94. The SMILES string of the molecule is COc1ccc(-c2cnn3c2NC(=O)C[C@@H]3C(=O)Nc2ccc(C)cc2)cc1. The predicted molar refractivity (Wildman–Crippen MR) is 106 cm³/mol. The first kappa shape index (κ1) is 17.8. The molecule has 4 rings (SSSR count). The molecule has 28 heavy (non-hydrogen) atoms. The first-order chi connectivity index (χ1) is 13.5. The monoisotopic (exact) mass is 376 g/mol. The number of rotatable bonds is 4. The van der Waals surface area contributed by atoms with E-state index in [0.717, 1.165) is 22.4 Å². The van der Waals surface area contributed by atoms with E-state index in [9.17, 15) is 9.59 Å². The van der Waals surface area contributed by atoms with Gasteiger partial charge in [0.1, 0.15) is 17.6 Å². The van der Waals surface area contributed by atoms with E-state index in [-0.39, 0.29) is 18.2 Å². The molecule has 0 saturated heterocycles. The third-order valence-electron chi connectivity index (χ3n) is 4.75. The number of carbonyl (C=O) groups excluding carboxylic acids is 2. The summed E-state index contributed by atoms with van der Waals surface area (Å²) in [5, 5.41) is 10.1. The van der Waals surface area contributed by atoms with Crippen molar-refractivity contribution < 1.29 is 14.3 Å². The lowest BCUT2D eigenvalue weighted by Gasteiger charge is -2.24. The molecule has 7 nitrogen and oxygen atoms in total. The average molecular weight is 376 g/mol. The fourth-order valence-corrected chi connectivity index (χ4v) is 3.22. The van der Waals surface area contributed by atoms with Crippen molar-refractivity contribution in [2.45, 2.75) is 19.4 Å². The number of methoxy groups -OCH3 is 1. The Kier molecular flexibility index (Phi) is 4.57. The second-order valence-corrected chi connectivity index (χ2v) is 6.70. The van der Waals surface area contributed by atoms with E-state index in [1.54, 1.807) is 18.0 Å². The molecule has 3 aromatic rings. The summed E-state index contributed by atoms with van der Waals surface area (Å²) in [5.41, 5.74) is 3.42. The maximum absolute atomic E-state index is 12.8. The summed E-state index contributed by atoms with van der Waals surface area (Å²) in [5.74, 6) is 0.769. The van der Waals surface area contributed by atoms with Gasteiger partial charge in [0.25, 0.3) is 0 Å². The van der Waals surface area contributed by atoms with Crippen molar-refractivity contribution in [2.75, 3.05) is 17.7 Å². The molecule has 142 valence electrons. The Morgan fingerprint density at radius 1 is 1.18 bits per heavy atom. The predicted octanol–water partition coefficient (Wildman–Crippen LogP) is 3.39. The number of amides is 2. The molecule has 2 heterocycles. The minimum Gasteiger partial charge on any atom is -0.497 e. The molecule has 0 bridgehead atoms. The summed E-state index contributed by atoms with van der Waals surface area (Å²) in [6.07, 6.45) is 1.70. The van der Waals surface area contributed by atoms with Crippen LogP contribution >= 0.6 is 0 Å². The van der Waals surface area contributed by atoms with Crippen LogP contribution in [0, 0.1) is 6.92 Å². The van der Waals surface area contributed by atoms with Crippen molar-refractivity contribution in [3.05, 3.63) is 60.3 Å². The zero-order valence-corrected chi connectivity index (χ0v) is 15.6. The van der Waals surface area contributed by atoms with E-state index in [1.165, 1.54) is 0 Å². The lowest BCUT2D eigenvalue weighted by Crippen LogP contribution is -2.35. The minimum absolute atomic E-state index is 0.0361. The van der Waals surface area contributed by atoms with Crippen LogP contribution in [0.5, 0.6) is 5.75 Å². The van der Waals surface area contributed by atoms with Gasteiger partial charge in [0.2, 0.25) is 11.8 Å². The highest BCUT2D eigenvalue weighted by molar-refractivity contribution is 6.03. The van der Waals surface area contributed by atoms with Gasteiger partial charge in [0.15, 0.2) is 0 Å². The van der Waals surface area contributed by atoms with Crippen LogP contribution < -0.4 is 15.4 Å². The number of nitrogens with one attached hydrogen (secondary N) is 2. The van der Waals surface area contributed by atoms with E-state index in [4.69, 9.17) is 4.74 Å². The number of anilines is 2. The highest BCUT2D eigenvalue weighted by Gasteiger charge is 2.33. The summed E-state index contributed by atoms with van der Waals surface area (Å²) in [6, 6.07) is 14.3. The molecule has 1 aliphatic heterocycles. The molecular weight excluding hydrogens is 356 g/mol. The lowest BCUT2D eigenvalue weighted by atomic mass is 10.1. The highest BCUT2D eigenvalue weighted by Crippen LogP contribution is 2.35. The van der Waals surface area contributed by atoms with Crippen molar-refractivity contribution in [1.29, 1.82) is 0 Å². The van der Waals surface area contributed by atoms with Gasteiger partial charge in [-0.15, -0.1) is 0 Å². The van der Waals surface area contributed by atoms with Gasteiger partial charge >= 0.3 is 0 Å². The number of fused-ring (bicyclic) bond motifs is 1. The summed E-state index contributed by atoms with van der Waals surface area (Å²) < 4.78 is 6.76. The lowest BCUT2D eigenvalue weighted by molar-refractivity contribution is -0.125. The fraction of sp³-hybridized carbons (Fsp3) is 0.190. The quantitative estimate of drug-likeness (QED) is 0.731. The highest BCUT2D eigenvalue weighted by atomic mass is 16.5. The largest absolute Gasteiger partial charge is 0.497 e. The van der Waals surface area contributed by atoms with Crippen LogP contribution in [0.4, 0.5) is 11.5 Å². The Labute approximate surface area is 162 Å². The molecule has 0 unspecified atom stereocenters. The molecule has 0 radical (unpaired) electrons. The van der Waals surface area contributed by atoms with Gasteiger partial charge in [-0.2, -0.15) is 5.10 Å². The molecule has 1 aliphatic rings. The average Bonchev–Trinajstić information content (AvgIpc) is 3.12. The van der Waals surface area contributed by atoms with Gasteiger partial charge < -0.3 is 15.4 Å². The van der Waals surface area contributed by atoms with Gasteiger partial charge in [-0.25, -0.2) is 4.68 Å². The summed E-state index contributed by atoms with van der Waals surface area (Å²) >= 11 is 0. The number of hydrogen-bond acceptors (Lipinski definition) is 4. The molecule has 2 N–H and O–H groups in total. The first-order valence-electron chi connectivity index (χ1n) is 8.94. The van der Waals surface area contributed by atoms with E-state index in [2.05, 4.69) is 15.7 Å². The van der Waals surface area contributed by atoms with E-state index >= 15 is 0 Å². The minimum atomic E-state index is -0.711. The van der Waals surface area contributed by atoms with Crippen LogP contribution in [0.25, 0.3) is 11.1 Å². The number of aromatic nitrogens is 2. The zero-order chi connectivity index (χ0) is 19.7. The van der Waals surface area contributed by atoms with Crippen LogP contribution in [0.3, 0.4) is 0 Å². The van der Waals surface area contributed by atoms with Gasteiger partial charge in [0.05, 0.1) is 19.7 Å². The molecule has 7 heteroatoms. The van der Waals surface area contributed by atoms with Crippen molar-refractivity contribution >= 4 is 23.3 Å². The molecule has 0 fully saturated rings. The van der Waals surface area contributed by atoms with Crippen molar-refractivity contribution in [3.63, 3.8) is 0 Å². The Balaban J connectivity index is 1.63. The Bertz CT molecular complexity index is 1020. The topological polar surface area (TPSA) is 85.2 Å². The number of ether oxygens (including phenoxy) is 1. The molecular formula is C21H20N4O3. The van der Waals surface area contributed by atoms with Crippen molar-refractivity contribution in [2.24, 2.45) is 0 Å². The third-order valence-corrected chi connectivity index (χ3v) is 4.75. The Morgan fingerprint density at radius 3 is 2.57 bits per heavy atom. The molecule has 1 aromatic heterocycles. The molecule has 0 spiro atoms. The van der Waals surface area contributed by atoms with E-state index < -0.39 is 6.04 Å². The molecule has 2 aromatic carbocycles. The van der Waals surface area contributed by atoms with Crippen LogP contribution in [-0.4, -0.2) is 28.7 Å². The van der Waals surface area contributed by atoms with Gasteiger partial charge in [-0.1, -0.05) is 29.8 Å². The normalized spacial score (nSPS) is 15.5. The van der Waals surface area contributed by atoms with Crippen molar-refractivity contribution in [1.82, 2.24) is 9.78 Å². The van der Waals surface area contributed by atoms with E-state index in [0.29, 0.717) is 11.5 Å². The maximum atomic E-state index is 12.8. The van der Waals surface area contributed by atoms with Gasteiger partial charge in [-0.05, 0) is 36.8 Å². The second kappa shape index (κ2) is 7.19. The third kappa shape index (κ3) is 3.34. The zero-order valence-electron chi connectivity index (χ0n) is 15.6. The summed E-state index contributed by atoms with van der Waals surface area (Å²) in [7, 11) is 1.61. The van der Waals surface area contributed by atoms with Gasteiger partial charge in [-0.3, -0.25) is 9.59 Å². The van der Waals surface area contributed by atoms with Gasteiger partial charge in [0, 0.05) is 11.3 Å². The molecule has 1 atom stereocenters. The second-order valence-electron chi connectivity index (χ2n) is 6.70. The van der Waals surface area contributed by atoms with Crippen molar-refractivity contribution in [3.8, 4) is 16.9 Å². The van der Waals surface area contributed by atoms with Crippen LogP contribution in [0.2, 0.25) is 0 Å². The Morgan fingerprint density at radius 2 is 1.89 bits per heavy atom. The van der Waals surface area contributed by atoms with Crippen LogP contribution in [-0.2, 0) is 9.59 Å². The molecule has 2 amide bonds. The fourth-order valence-electron chi connectivity index (χ4n) is 3.22. The van der Waals surface area contributed by atoms with Crippen LogP contribution in [0.1, 0.15) is 18.0 Å². The summed E-state index contributed by atoms with van der Waals surface area (Å²) in [6.45, 7) is 1.98. The smallest absolute Gasteiger partial charge is 0.249 e. The number of benzene rings is 2. The summed E-state index contributed by atoms with van der Waals surface area (Å²) in [4.78, 5) is 25.1. The van der Waals surface area contributed by atoms with E-state index in [1.807, 2.05) is 55.5 Å². The maximum Gasteiger partial charge on any atom is 0.249 e. The number of carbonyl (C=O) groups is 2. The number of nitrogens with zero attached hydrogens (tertiary/aromatic N) is 2. The van der Waals surface area contributed by atoms with Crippen LogP contribution in [0.15, 0.2) is 54.7 Å². The number of hydrogen-bond donors (Lipinski definition) is 2. The molecule has 0 aliphatic carbocycles. The standard InChI is InChI=1S/C21H20N4O3/c1-13-3-7-15(8-4-13)23-21(27)18-11-19(26)24-20-17(12-22-25(18)20)14-5-9-16(28-2)10-6-14/h3-10,12,18H,11H2,1-2H3,(H,23,27)(H,24,26)/t18-/m1/s1.